The number of likely N-dealkylation sites (tertiary alicyclic amines) is 1. The van der Waals surface area contributed by atoms with Crippen molar-refractivity contribution in [2.45, 2.75) is 52.0 Å². The van der Waals surface area contributed by atoms with E-state index in [1.54, 1.807) is 0 Å². The second-order valence-corrected chi connectivity index (χ2v) is 4.68. The number of amides is 1. The van der Waals surface area contributed by atoms with E-state index in [9.17, 15) is 4.79 Å². The van der Waals surface area contributed by atoms with Crippen LogP contribution in [0.3, 0.4) is 0 Å². The van der Waals surface area contributed by atoms with Gasteiger partial charge in [-0.25, -0.2) is 0 Å². The van der Waals surface area contributed by atoms with Crippen LogP contribution in [0.4, 0.5) is 0 Å². The molecule has 3 nitrogen and oxygen atoms in total. The highest BCUT2D eigenvalue weighted by Gasteiger charge is 2.24. The van der Waals surface area contributed by atoms with Gasteiger partial charge in [-0.15, -0.1) is 12.4 Å². The van der Waals surface area contributed by atoms with Gasteiger partial charge in [-0.2, -0.15) is 0 Å². The van der Waals surface area contributed by atoms with E-state index >= 15 is 0 Å². The van der Waals surface area contributed by atoms with Crippen LogP contribution in [0.25, 0.3) is 0 Å². The standard InChI is InChI=1S/C12H24N2O.ClH/c1-3-4-5-12(15)14-8-6-11(7-9-14)10(2)13;/h10-11H,3-9,13H2,1-2H3;1H. The number of carbonyl (C=O) groups is 1. The first-order chi connectivity index (χ1) is 7.15. The number of hydrogen-bond donors (Lipinski definition) is 1. The lowest BCUT2D eigenvalue weighted by atomic mass is 9.91. The van der Waals surface area contributed by atoms with Crippen LogP contribution in [-0.2, 0) is 4.79 Å². The highest BCUT2D eigenvalue weighted by Crippen LogP contribution is 2.20. The predicted molar refractivity (Wildman–Crippen MR) is 69.7 cm³/mol. The van der Waals surface area contributed by atoms with Gasteiger partial charge in [0.05, 0.1) is 0 Å². The van der Waals surface area contributed by atoms with Gasteiger partial charge in [0.15, 0.2) is 0 Å². The first kappa shape index (κ1) is 15.7. The van der Waals surface area contributed by atoms with Gasteiger partial charge in [0.2, 0.25) is 5.91 Å². The predicted octanol–water partition coefficient (Wildman–Crippen LogP) is 2.18. The zero-order chi connectivity index (χ0) is 11.3. The summed E-state index contributed by atoms with van der Waals surface area (Å²) in [6, 6.07) is 0.276. The SMILES string of the molecule is CCCCC(=O)N1CCC(C(C)N)CC1.Cl. The average molecular weight is 249 g/mol. The molecule has 0 aromatic heterocycles. The molecule has 1 unspecified atom stereocenters. The minimum Gasteiger partial charge on any atom is -0.343 e. The average Bonchev–Trinajstić information content (AvgIpc) is 2.26. The Morgan fingerprint density at radius 2 is 2.00 bits per heavy atom. The zero-order valence-electron chi connectivity index (χ0n) is 10.4. The lowest BCUT2D eigenvalue weighted by molar-refractivity contribution is -0.132. The second kappa shape index (κ2) is 7.91. The Kier molecular flexibility index (Phi) is 7.77. The van der Waals surface area contributed by atoms with Crippen molar-refractivity contribution in [3.05, 3.63) is 0 Å². The van der Waals surface area contributed by atoms with Crippen LogP contribution >= 0.6 is 12.4 Å². The van der Waals surface area contributed by atoms with E-state index in [1.165, 1.54) is 0 Å². The first-order valence-corrected chi connectivity index (χ1v) is 6.18. The molecule has 1 fully saturated rings. The van der Waals surface area contributed by atoms with Crippen molar-refractivity contribution in [2.75, 3.05) is 13.1 Å². The molecule has 1 atom stereocenters. The summed E-state index contributed by atoms with van der Waals surface area (Å²) < 4.78 is 0. The van der Waals surface area contributed by atoms with Crippen LogP contribution in [0.5, 0.6) is 0 Å². The van der Waals surface area contributed by atoms with Gasteiger partial charge in [0.25, 0.3) is 0 Å². The van der Waals surface area contributed by atoms with Crippen LogP contribution in [0.2, 0.25) is 0 Å². The molecule has 1 aliphatic heterocycles. The van der Waals surface area contributed by atoms with E-state index in [0.717, 1.165) is 45.2 Å². The quantitative estimate of drug-likeness (QED) is 0.829. The van der Waals surface area contributed by atoms with Crippen LogP contribution < -0.4 is 5.73 Å². The molecule has 0 aromatic rings. The number of rotatable bonds is 4. The number of unbranched alkanes of at least 4 members (excludes halogenated alkanes) is 1. The van der Waals surface area contributed by atoms with Gasteiger partial charge in [0, 0.05) is 25.6 Å². The molecule has 0 aromatic carbocycles. The Morgan fingerprint density at radius 3 is 2.44 bits per heavy atom. The molecule has 4 heteroatoms. The van der Waals surface area contributed by atoms with Gasteiger partial charge in [-0.3, -0.25) is 4.79 Å². The topological polar surface area (TPSA) is 46.3 Å². The van der Waals surface area contributed by atoms with Crippen LogP contribution in [0, 0.1) is 5.92 Å². The molecule has 0 saturated carbocycles. The molecule has 1 heterocycles. The van der Waals surface area contributed by atoms with Crippen molar-refractivity contribution < 1.29 is 4.79 Å². The van der Waals surface area contributed by atoms with Gasteiger partial charge in [-0.1, -0.05) is 13.3 Å². The summed E-state index contributed by atoms with van der Waals surface area (Å²) in [5, 5.41) is 0. The third-order valence-electron chi connectivity index (χ3n) is 3.38. The summed E-state index contributed by atoms with van der Waals surface area (Å²) in [7, 11) is 0. The molecule has 1 amide bonds. The number of piperidine rings is 1. The Balaban J connectivity index is 0.00000225. The summed E-state index contributed by atoms with van der Waals surface area (Å²) in [6.45, 7) is 6.01. The Bertz CT molecular complexity index is 201. The van der Waals surface area contributed by atoms with Crippen molar-refractivity contribution in [1.82, 2.24) is 4.90 Å². The van der Waals surface area contributed by atoms with Gasteiger partial charge < -0.3 is 10.6 Å². The zero-order valence-corrected chi connectivity index (χ0v) is 11.3. The first-order valence-electron chi connectivity index (χ1n) is 6.18. The smallest absolute Gasteiger partial charge is 0.222 e. The summed E-state index contributed by atoms with van der Waals surface area (Å²) in [6.07, 6.45) is 5.00. The molecule has 1 rings (SSSR count). The maximum atomic E-state index is 11.7. The van der Waals surface area contributed by atoms with Crippen molar-refractivity contribution in [1.29, 1.82) is 0 Å². The van der Waals surface area contributed by atoms with E-state index < -0.39 is 0 Å². The minimum absolute atomic E-state index is 0. The van der Waals surface area contributed by atoms with Gasteiger partial charge in [0.1, 0.15) is 0 Å². The summed E-state index contributed by atoms with van der Waals surface area (Å²) in [4.78, 5) is 13.7. The van der Waals surface area contributed by atoms with E-state index in [-0.39, 0.29) is 18.4 Å². The fourth-order valence-electron chi connectivity index (χ4n) is 2.16. The molecule has 1 saturated heterocycles. The molecule has 0 radical (unpaired) electrons. The lowest BCUT2D eigenvalue weighted by Crippen LogP contribution is -2.42. The number of carbonyl (C=O) groups excluding carboxylic acids is 1. The fourth-order valence-corrected chi connectivity index (χ4v) is 2.16. The van der Waals surface area contributed by atoms with Gasteiger partial charge >= 0.3 is 0 Å². The van der Waals surface area contributed by atoms with Crippen molar-refractivity contribution >= 4 is 18.3 Å². The second-order valence-electron chi connectivity index (χ2n) is 4.68. The van der Waals surface area contributed by atoms with Crippen molar-refractivity contribution in [3.8, 4) is 0 Å². The van der Waals surface area contributed by atoms with Crippen molar-refractivity contribution in [2.24, 2.45) is 11.7 Å². The monoisotopic (exact) mass is 248 g/mol. The third kappa shape index (κ3) is 4.71. The Morgan fingerprint density at radius 1 is 1.44 bits per heavy atom. The number of hydrogen-bond acceptors (Lipinski definition) is 2. The van der Waals surface area contributed by atoms with Crippen LogP contribution in [0.15, 0.2) is 0 Å². The maximum absolute atomic E-state index is 11.7. The largest absolute Gasteiger partial charge is 0.343 e. The molecule has 2 N–H and O–H groups in total. The van der Waals surface area contributed by atoms with Gasteiger partial charge in [-0.05, 0) is 32.1 Å². The minimum atomic E-state index is 0. The molecule has 0 aliphatic carbocycles. The third-order valence-corrected chi connectivity index (χ3v) is 3.38. The molecule has 16 heavy (non-hydrogen) atoms. The van der Waals surface area contributed by atoms with E-state index in [0.29, 0.717) is 11.8 Å². The number of nitrogens with two attached hydrogens (primary N) is 1. The van der Waals surface area contributed by atoms with Crippen LogP contribution in [0.1, 0.15) is 46.0 Å². The summed E-state index contributed by atoms with van der Waals surface area (Å²) >= 11 is 0. The summed E-state index contributed by atoms with van der Waals surface area (Å²) in [5.41, 5.74) is 5.87. The normalized spacial score (nSPS) is 19.1. The van der Waals surface area contributed by atoms with E-state index in [2.05, 4.69) is 13.8 Å². The highest BCUT2D eigenvalue weighted by molar-refractivity contribution is 5.85. The molecule has 0 bridgehead atoms. The maximum Gasteiger partial charge on any atom is 0.222 e. The molecular weight excluding hydrogens is 224 g/mol. The molecule has 96 valence electrons. The fraction of sp³-hybridized carbons (Fsp3) is 0.917. The molecular formula is C12H25ClN2O. The number of nitrogens with zero attached hydrogens (tertiary/aromatic N) is 1. The molecule has 0 spiro atoms. The van der Waals surface area contributed by atoms with Crippen molar-refractivity contribution in [3.63, 3.8) is 0 Å². The lowest BCUT2D eigenvalue weighted by Gasteiger charge is -2.33. The van der Waals surface area contributed by atoms with Crippen LogP contribution in [-0.4, -0.2) is 29.9 Å². The number of halogens is 1. The van der Waals surface area contributed by atoms with E-state index in [1.807, 2.05) is 4.90 Å². The Labute approximate surface area is 105 Å². The highest BCUT2D eigenvalue weighted by atomic mass is 35.5. The Hall–Kier alpha value is -0.280. The summed E-state index contributed by atoms with van der Waals surface area (Å²) in [5.74, 6) is 0.945. The molecule has 1 aliphatic rings. The van der Waals surface area contributed by atoms with E-state index in [4.69, 9.17) is 5.73 Å².